The lowest BCUT2D eigenvalue weighted by Gasteiger charge is -2.34. The average Bonchev–Trinajstić information content (AvgIpc) is 2.77. The molecule has 4 heteroatoms. The van der Waals surface area contributed by atoms with E-state index in [1.165, 1.54) is 12.0 Å². The van der Waals surface area contributed by atoms with Gasteiger partial charge in [-0.05, 0) is 66.0 Å². The molecule has 4 nitrogen and oxygen atoms in total. The molecule has 0 saturated heterocycles. The van der Waals surface area contributed by atoms with Crippen LogP contribution in [0.4, 0.5) is 0 Å². The predicted molar refractivity (Wildman–Crippen MR) is 131 cm³/mol. The number of nitrogens with zero attached hydrogens (tertiary/aromatic N) is 1. The van der Waals surface area contributed by atoms with E-state index in [9.17, 15) is 9.59 Å². The minimum absolute atomic E-state index is 0.0146. The number of nitrogens with one attached hydrogen (secondary N) is 1. The van der Waals surface area contributed by atoms with Crippen LogP contribution >= 0.6 is 0 Å². The van der Waals surface area contributed by atoms with Crippen LogP contribution in [0.25, 0.3) is 10.9 Å². The zero-order valence-electron chi connectivity index (χ0n) is 19.7. The fraction of sp³-hybridized carbons (Fsp3) is 0.429. The zero-order chi connectivity index (χ0) is 22.9. The molecular formula is C28H34N2O2. The van der Waals surface area contributed by atoms with Gasteiger partial charge < -0.3 is 9.88 Å². The Morgan fingerprint density at radius 3 is 2.34 bits per heavy atom. The molecular weight excluding hydrogens is 396 g/mol. The maximum Gasteiger partial charge on any atom is 0.254 e. The SMILES string of the molecule is Cc1ccc2cc(CN(C(=O)c3ccc(C(C)(C)C)cc3)C3CCCCC3)c(=O)[nH]c2c1. The summed E-state index contributed by atoms with van der Waals surface area (Å²) in [4.78, 5) is 31.5. The Morgan fingerprint density at radius 1 is 1.00 bits per heavy atom. The topological polar surface area (TPSA) is 53.2 Å². The number of aromatic nitrogens is 1. The van der Waals surface area contributed by atoms with E-state index in [2.05, 4.69) is 37.9 Å². The predicted octanol–water partition coefficient (Wildman–Crippen LogP) is 6.11. The van der Waals surface area contributed by atoms with Crippen LogP contribution in [-0.2, 0) is 12.0 Å². The lowest BCUT2D eigenvalue weighted by atomic mass is 9.86. The molecule has 3 aromatic rings. The number of pyridine rings is 1. The fourth-order valence-corrected chi connectivity index (χ4v) is 4.70. The second-order valence-corrected chi connectivity index (χ2v) is 10.3. The molecule has 168 valence electrons. The summed E-state index contributed by atoms with van der Waals surface area (Å²) < 4.78 is 0. The van der Waals surface area contributed by atoms with Crippen molar-refractivity contribution in [2.75, 3.05) is 0 Å². The summed E-state index contributed by atoms with van der Waals surface area (Å²) in [6.45, 7) is 8.87. The van der Waals surface area contributed by atoms with Crippen molar-refractivity contribution in [3.8, 4) is 0 Å². The summed E-state index contributed by atoms with van der Waals surface area (Å²) in [5, 5.41) is 0.996. The Morgan fingerprint density at radius 2 is 1.69 bits per heavy atom. The molecule has 0 atom stereocenters. The van der Waals surface area contributed by atoms with Crippen LogP contribution < -0.4 is 5.56 Å². The van der Waals surface area contributed by atoms with Gasteiger partial charge in [0.15, 0.2) is 0 Å². The number of aromatic amines is 1. The highest BCUT2D eigenvalue weighted by atomic mass is 16.2. The van der Waals surface area contributed by atoms with Crippen LogP contribution in [0.3, 0.4) is 0 Å². The van der Waals surface area contributed by atoms with E-state index in [0.717, 1.165) is 42.1 Å². The number of H-pyrrole nitrogens is 1. The van der Waals surface area contributed by atoms with Crippen molar-refractivity contribution in [2.24, 2.45) is 0 Å². The first-order chi connectivity index (χ1) is 15.2. The Kier molecular flexibility index (Phi) is 6.23. The fourth-order valence-electron chi connectivity index (χ4n) is 4.70. The number of carbonyl (C=O) groups excluding carboxylic acids is 1. The number of hydrogen-bond donors (Lipinski definition) is 1. The quantitative estimate of drug-likeness (QED) is 0.543. The van der Waals surface area contributed by atoms with E-state index in [4.69, 9.17) is 0 Å². The standard InChI is InChI=1S/C28H34N2O2/c1-19-10-11-21-17-22(26(31)29-25(21)16-19)18-30(24-8-6-5-7-9-24)27(32)20-12-14-23(15-13-20)28(2,3)4/h10-17,24H,5-9,18H2,1-4H3,(H,29,31). The summed E-state index contributed by atoms with van der Waals surface area (Å²) in [5.41, 5.74) is 4.43. The van der Waals surface area contributed by atoms with Gasteiger partial charge in [-0.2, -0.15) is 0 Å². The molecule has 1 fully saturated rings. The van der Waals surface area contributed by atoms with E-state index in [0.29, 0.717) is 17.7 Å². The number of carbonyl (C=O) groups is 1. The van der Waals surface area contributed by atoms with Crippen molar-refractivity contribution in [3.63, 3.8) is 0 Å². The molecule has 32 heavy (non-hydrogen) atoms. The average molecular weight is 431 g/mol. The van der Waals surface area contributed by atoms with Gasteiger partial charge in [-0.15, -0.1) is 0 Å². The van der Waals surface area contributed by atoms with E-state index >= 15 is 0 Å². The number of hydrogen-bond acceptors (Lipinski definition) is 2. The van der Waals surface area contributed by atoms with Crippen molar-refractivity contribution in [1.82, 2.24) is 9.88 Å². The van der Waals surface area contributed by atoms with Crippen LogP contribution in [0.2, 0.25) is 0 Å². The summed E-state index contributed by atoms with van der Waals surface area (Å²) in [6, 6.07) is 16.2. The molecule has 0 radical (unpaired) electrons. The van der Waals surface area contributed by atoms with Crippen molar-refractivity contribution in [2.45, 2.75) is 77.8 Å². The number of amides is 1. The van der Waals surface area contributed by atoms with Crippen molar-refractivity contribution >= 4 is 16.8 Å². The first kappa shape index (κ1) is 22.3. The van der Waals surface area contributed by atoms with Gasteiger partial charge in [0.1, 0.15) is 0 Å². The molecule has 0 aliphatic heterocycles. The number of aryl methyl sites for hydroxylation is 1. The summed E-state index contributed by atoms with van der Waals surface area (Å²) >= 11 is 0. The van der Waals surface area contributed by atoms with Gasteiger partial charge in [0.05, 0.1) is 6.54 Å². The third-order valence-electron chi connectivity index (χ3n) is 6.69. The molecule has 0 spiro atoms. The molecule has 0 bridgehead atoms. The number of benzene rings is 2. The normalized spacial score (nSPS) is 15.1. The summed E-state index contributed by atoms with van der Waals surface area (Å²) in [6.07, 6.45) is 5.47. The summed E-state index contributed by atoms with van der Waals surface area (Å²) in [7, 11) is 0. The Balaban J connectivity index is 1.67. The second-order valence-electron chi connectivity index (χ2n) is 10.3. The molecule has 1 heterocycles. The Hall–Kier alpha value is -2.88. The minimum Gasteiger partial charge on any atom is -0.331 e. The number of rotatable bonds is 4. The van der Waals surface area contributed by atoms with Gasteiger partial charge in [-0.3, -0.25) is 9.59 Å². The van der Waals surface area contributed by atoms with Crippen LogP contribution in [0.15, 0.2) is 53.3 Å². The first-order valence-corrected chi connectivity index (χ1v) is 11.8. The van der Waals surface area contributed by atoms with Gasteiger partial charge in [0.25, 0.3) is 11.5 Å². The smallest absolute Gasteiger partial charge is 0.254 e. The van der Waals surface area contributed by atoms with Crippen LogP contribution in [-0.4, -0.2) is 21.8 Å². The van der Waals surface area contributed by atoms with Gasteiger partial charge in [0.2, 0.25) is 0 Å². The summed E-state index contributed by atoms with van der Waals surface area (Å²) in [5.74, 6) is 0.0146. The lowest BCUT2D eigenvalue weighted by molar-refractivity contribution is 0.0613. The Bertz CT molecular complexity index is 1160. The highest BCUT2D eigenvalue weighted by Crippen LogP contribution is 2.27. The highest BCUT2D eigenvalue weighted by Gasteiger charge is 2.27. The molecule has 1 N–H and O–H groups in total. The monoisotopic (exact) mass is 430 g/mol. The zero-order valence-corrected chi connectivity index (χ0v) is 19.7. The lowest BCUT2D eigenvalue weighted by Crippen LogP contribution is -2.42. The van der Waals surface area contributed by atoms with Crippen molar-refractivity contribution < 1.29 is 4.79 Å². The van der Waals surface area contributed by atoms with E-state index in [1.807, 2.05) is 48.2 Å². The molecule has 4 rings (SSSR count). The molecule has 1 aliphatic rings. The van der Waals surface area contributed by atoms with Crippen molar-refractivity contribution in [1.29, 1.82) is 0 Å². The third-order valence-corrected chi connectivity index (χ3v) is 6.69. The maximum absolute atomic E-state index is 13.6. The van der Waals surface area contributed by atoms with Crippen LogP contribution in [0.5, 0.6) is 0 Å². The van der Waals surface area contributed by atoms with Crippen molar-refractivity contribution in [3.05, 3.63) is 81.1 Å². The van der Waals surface area contributed by atoms with Crippen LogP contribution in [0.1, 0.15) is 79.9 Å². The largest absolute Gasteiger partial charge is 0.331 e. The third kappa shape index (κ3) is 4.79. The Labute approximate surface area is 190 Å². The van der Waals surface area contributed by atoms with E-state index < -0.39 is 0 Å². The molecule has 1 saturated carbocycles. The van der Waals surface area contributed by atoms with Crippen LogP contribution in [0, 0.1) is 6.92 Å². The molecule has 1 amide bonds. The first-order valence-electron chi connectivity index (χ1n) is 11.8. The molecule has 2 aromatic carbocycles. The van der Waals surface area contributed by atoms with Gasteiger partial charge in [-0.25, -0.2) is 0 Å². The minimum atomic E-state index is -0.111. The molecule has 1 aliphatic carbocycles. The van der Waals surface area contributed by atoms with E-state index in [-0.39, 0.29) is 22.9 Å². The van der Waals surface area contributed by atoms with E-state index in [1.54, 1.807) is 0 Å². The molecule has 0 unspecified atom stereocenters. The van der Waals surface area contributed by atoms with Gasteiger partial charge >= 0.3 is 0 Å². The maximum atomic E-state index is 13.6. The van der Waals surface area contributed by atoms with Gasteiger partial charge in [-0.1, -0.05) is 64.3 Å². The number of fused-ring (bicyclic) bond motifs is 1. The molecule has 1 aromatic heterocycles. The second kappa shape index (κ2) is 8.93. The highest BCUT2D eigenvalue weighted by molar-refractivity contribution is 5.94. The van der Waals surface area contributed by atoms with Gasteiger partial charge in [0, 0.05) is 22.7 Å².